The topological polar surface area (TPSA) is 46.2 Å². The van der Waals surface area contributed by atoms with E-state index >= 15 is 0 Å². The van der Waals surface area contributed by atoms with Gasteiger partial charge in [0.15, 0.2) is 0 Å². The lowest BCUT2D eigenvalue weighted by Crippen LogP contribution is -2.13. The smallest absolute Gasteiger partial charge is 0.255 e. The van der Waals surface area contributed by atoms with Crippen molar-refractivity contribution in [2.45, 2.75) is 25.7 Å². The van der Waals surface area contributed by atoms with Gasteiger partial charge in [-0.3, -0.25) is 4.72 Å². The molecule has 0 spiro atoms. The van der Waals surface area contributed by atoms with Crippen LogP contribution in [0.5, 0.6) is 0 Å². The summed E-state index contributed by atoms with van der Waals surface area (Å²) in [6, 6.07) is 15.3. The molecule has 0 unspecified atom stereocenters. The van der Waals surface area contributed by atoms with Gasteiger partial charge in [0.05, 0.1) is 11.1 Å². The fraction of sp³-hybridized carbons (Fsp3) is 0.222. The number of nitrogens with one attached hydrogen (secondary N) is 1. The predicted molar refractivity (Wildman–Crippen MR) is 91.1 cm³/mol. The normalized spacial score (nSPS) is 14.7. The van der Waals surface area contributed by atoms with E-state index in [4.69, 9.17) is 0 Å². The molecular formula is C18H19NO2S. The van der Waals surface area contributed by atoms with Gasteiger partial charge in [0.2, 0.25) is 0 Å². The third kappa shape index (κ3) is 3.57. The van der Waals surface area contributed by atoms with E-state index in [1.54, 1.807) is 6.08 Å². The standard InChI is InChI=1S/C18H19NO2S/c20-22(21,14-13-15-7-2-1-3-8-15)19-18-12-6-10-16-9-4-5-11-17(16)18/h1-3,6-8,10,12-14,19H,4-5,9,11H2/b14-13-. The zero-order valence-electron chi connectivity index (χ0n) is 12.3. The van der Waals surface area contributed by atoms with E-state index in [9.17, 15) is 8.42 Å². The first-order valence-corrected chi connectivity index (χ1v) is 9.05. The highest BCUT2D eigenvalue weighted by Gasteiger charge is 2.15. The lowest BCUT2D eigenvalue weighted by Gasteiger charge is -2.19. The van der Waals surface area contributed by atoms with E-state index in [0.717, 1.165) is 36.1 Å². The molecule has 0 amide bonds. The molecule has 114 valence electrons. The average Bonchev–Trinajstić information content (AvgIpc) is 2.54. The molecule has 1 aliphatic rings. The Kier molecular flexibility index (Phi) is 4.29. The van der Waals surface area contributed by atoms with Crippen molar-refractivity contribution in [1.82, 2.24) is 0 Å². The molecule has 0 atom stereocenters. The number of benzene rings is 2. The Bertz CT molecular complexity index is 780. The van der Waals surface area contributed by atoms with Crippen LogP contribution in [0.15, 0.2) is 53.9 Å². The van der Waals surface area contributed by atoms with Crippen molar-refractivity contribution < 1.29 is 8.42 Å². The molecule has 0 aromatic heterocycles. The molecule has 0 saturated heterocycles. The van der Waals surface area contributed by atoms with Gasteiger partial charge in [0.1, 0.15) is 0 Å². The summed E-state index contributed by atoms with van der Waals surface area (Å²) in [5, 5.41) is 1.23. The van der Waals surface area contributed by atoms with Crippen LogP contribution in [-0.4, -0.2) is 8.42 Å². The Morgan fingerprint density at radius 3 is 2.50 bits per heavy atom. The summed E-state index contributed by atoms with van der Waals surface area (Å²) in [4.78, 5) is 0. The van der Waals surface area contributed by atoms with E-state index < -0.39 is 10.0 Å². The zero-order valence-corrected chi connectivity index (χ0v) is 13.1. The fourth-order valence-corrected chi connectivity index (χ4v) is 3.70. The van der Waals surface area contributed by atoms with E-state index in [2.05, 4.69) is 10.8 Å². The van der Waals surface area contributed by atoms with Crippen LogP contribution in [0.4, 0.5) is 5.69 Å². The minimum absolute atomic E-state index is 0.718. The van der Waals surface area contributed by atoms with Crippen LogP contribution in [0.3, 0.4) is 0 Å². The number of hydrogen-bond acceptors (Lipinski definition) is 2. The Labute approximate surface area is 131 Å². The van der Waals surface area contributed by atoms with Crippen LogP contribution >= 0.6 is 0 Å². The first kappa shape index (κ1) is 14.9. The second-order valence-corrected chi connectivity index (χ2v) is 7.08. The number of rotatable bonds is 4. The summed E-state index contributed by atoms with van der Waals surface area (Å²) in [6.07, 6.45) is 5.88. The summed E-state index contributed by atoms with van der Waals surface area (Å²) in [7, 11) is -3.50. The van der Waals surface area contributed by atoms with Crippen molar-refractivity contribution in [3.05, 3.63) is 70.6 Å². The third-order valence-electron chi connectivity index (χ3n) is 3.89. The van der Waals surface area contributed by atoms with E-state index in [1.165, 1.54) is 17.4 Å². The zero-order chi connectivity index (χ0) is 15.4. The molecule has 1 N–H and O–H groups in total. The van der Waals surface area contributed by atoms with Crippen molar-refractivity contribution in [3.63, 3.8) is 0 Å². The maximum Gasteiger partial charge on any atom is 0.255 e. The van der Waals surface area contributed by atoms with Gasteiger partial charge in [-0.2, -0.15) is 0 Å². The lowest BCUT2D eigenvalue weighted by molar-refractivity contribution is 0.609. The minimum Gasteiger partial charge on any atom is -0.280 e. The third-order valence-corrected chi connectivity index (χ3v) is 4.89. The van der Waals surface area contributed by atoms with E-state index in [1.807, 2.05) is 42.5 Å². The van der Waals surface area contributed by atoms with Gasteiger partial charge in [-0.25, -0.2) is 8.42 Å². The van der Waals surface area contributed by atoms with Crippen LogP contribution in [0.1, 0.15) is 29.5 Å². The molecule has 4 heteroatoms. The highest BCUT2D eigenvalue weighted by Crippen LogP contribution is 2.28. The molecule has 22 heavy (non-hydrogen) atoms. The maximum absolute atomic E-state index is 12.3. The second-order valence-electron chi connectivity index (χ2n) is 5.51. The molecule has 1 aliphatic carbocycles. The van der Waals surface area contributed by atoms with Crippen molar-refractivity contribution >= 4 is 21.8 Å². The molecule has 0 saturated carbocycles. The fourth-order valence-electron chi connectivity index (χ4n) is 2.80. The first-order valence-electron chi connectivity index (χ1n) is 7.51. The van der Waals surface area contributed by atoms with Crippen LogP contribution in [0.25, 0.3) is 6.08 Å². The monoisotopic (exact) mass is 313 g/mol. The summed E-state index contributed by atoms with van der Waals surface area (Å²) in [5.41, 5.74) is 3.99. The highest BCUT2D eigenvalue weighted by molar-refractivity contribution is 7.95. The minimum atomic E-state index is -3.50. The number of fused-ring (bicyclic) bond motifs is 1. The molecule has 0 heterocycles. The van der Waals surface area contributed by atoms with E-state index in [-0.39, 0.29) is 0 Å². The van der Waals surface area contributed by atoms with Crippen molar-refractivity contribution in [3.8, 4) is 0 Å². The van der Waals surface area contributed by atoms with Gasteiger partial charge in [-0.1, -0.05) is 42.5 Å². The van der Waals surface area contributed by atoms with Crippen LogP contribution in [0, 0.1) is 0 Å². The Balaban J connectivity index is 1.82. The average molecular weight is 313 g/mol. The van der Waals surface area contributed by atoms with Gasteiger partial charge in [0, 0.05) is 0 Å². The molecule has 3 nitrogen and oxygen atoms in total. The summed E-state index contributed by atoms with van der Waals surface area (Å²) < 4.78 is 27.2. The molecule has 0 aliphatic heterocycles. The van der Waals surface area contributed by atoms with E-state index in [0.29, 0.717) is 0 Å². The first-order chi connectivity index (χ1) is 10.6. The van der Waals surface area contributed by atoms with Crippen molar-refractivity contribution in [2.75, 3.05) is 4.72 Å². The van der Waals surface area contributed by atoms with Gasteiger partial charge in [-0.15, -0.1) is 0 Å². The molecular weight excluding hydrogens is 294 g/mol. The summed E-state index contributed by atoms with van der Waals surface area (Å²) in [5.74, 6) is 0. The quantitative estimate of drug-likeness (QED) is 0.928. The second kappa shape index (κ2) is 6.36. The van der Waals surface area contributed by atoms with Crippen LogP contribution in [-0.2, 0) is 22.9 Å². The molecule has 2 aromatic rings. The maximum atomic E-state index is 12.3. The number of sulfonamides is 1. The molecule has 0 radical (unpaired) electrons. The van der Waals surface area contributed by atoms with Crippen LogP contribution in [0.2, 0.25) is 0 Å². The van der Waals surface area contributed by atoms with Gasteiger partial charge in [-0.05, 0) is 54.5 Å². The SMILES string of the molecule is O=S(=O)(/C=C\c1ccccc1)Nc1cccc2c1CCCC2. The molecule has 3 rings (SSSR count). The molecule has 0 bridgehead atoms. The van der Waals surface area contributed by atoms with Gasteiger partial charge < -0.3 is 0 Å². The van der Waals surface area contributed by atoms with Gasteiger partial charge in [0.25, 0.3) is 10.0 Å². The lowest BCUT2D eigenvalue weighted by atomic mass is 9.91. The van der Waals surface area contributed by atoms with Crippen molar-refractivity contribution in [2.24, 2.45) is 0 Å². The Morgan fingerprint density at radius 2 is 1.68 bits per heavy atom. The van der Waals surface area contributed by atoms with Crippen LogP contribution < -0.4 is 4.72 Å². The highest BCUT2D eigenvalue weighted by atomic mass is 32.2. The summed E-state index contributed by atoms with van der Waals surface area (Å²) in [6.45, 7) is 0. The number of anilines is 1. The Morgan fingerprint density at radius 1 is 0.909 bits per heavy atom. The molecule has 2 aromatic carbocycles. The molecule has 0 fully saturated rings. The summed E-state index contributed by atoms with van der Waals surface area (Å²) >= 11 is 0. The Hall–Kier alpha value is -2.07. The number of hydrogen-bond donors (Lipinski definition) is 1. The predicted octanol–water partition coefficient (Wildman–Crippen LogP) is 3.98. The van der Waals surface area contributed by atoms with Crippen molar-refractivity contribution in [1.29, 1.82) is 0 Å². The number of aryl methyl sites for hydroxylation is 1. The van der Waals surface area contributed by atoms with Gasteiger partial charge >= 0.3 is 0 Å². The largest absolute Gasteiger partial charge is 0.280 e.